The van der Waals surface area contributed by atoms with Crippen LogP contribution in [0.2, 0.25) is 0 Å². The molecule has 2 amide bonds. The van der Waals surface area contributed by atoms with Gasteiger partial charge in [-0.05, 0) is 37.0 Å². The maximum atomic E-state index is 13.3. The number of halogens is 2. The van der Waals surface area contributed by atoms with Gasteiger partial charge < -0.3 is 16.0 Å². The van der Waals surface area contributed by atoms with Crippen molar-refractivity contribution in [2.24, 2.45) is 5.92 Å². The highest BCUT2D eigenvalue weighted by molar-refractivity contribution is 7.99. The van der Waals surface area contributed by atoms with Crippen molar-refractivity contribution in [3.05, 3.63) is 45.8 Å². The van der Waals surface area contributed by atoms with Gasteiger partial charge in [0.25, 0.3) is 11.5 Å². The van der Waals surface area contributed by atoms with Gasteiger partial charge in [-0.25, -0.2) is 13.8 Å². The van der Waals surface area contributed by atoms with E-state index < -0.39 is 23.1 Å². The molecule has 0 aliphatic carbocycles. The number of hydrogen-bond donors (Lipinski definition) is 3. The minimum Gasteiger partial charge on any atom is -0.382 e. The van der Waals surface area contributed by atoms with Crippen LogP contribution in [0.3, 0.4) is 0 Å². The average molecular weight is 437 g/mol. The topological polar surface area (TPSA) is 121 Å². The van der Waals surface area contributed by atoms with Gasteiger partial charge in [0.15, 0.2) is 22.6 Å². The van der Waals surface area contributed by atoms with E-state index in [-0.39, 0.29) is 33.9 Å². The summed E-state index contributed by atoms with van der Waals surface area (Å²) >= 11 is 1.04. The maximum Gasteiger partial charge on any atom is 0.277 e. The zero-order valence-corrected chi connectivity index (χ0v) is 17.0. The lowest BCUT2D eigenvalue weighted by molar-refractivity contribution is -0.129. The monoisotopic (exact) mass is 437 g/mol. The highest BCUT2D eigenvalue weighted by Crippen LogP contribution is 2.20. The molecule has 0 unspecified atom stereocenters. The summed E-state index contributed by atoms with van der Waals surface area (Å²) in [6.45, 7) is 3.57. The van der Waals surface area contributed by atoms with Crippen LogP contribution in [-0.4, -0.2) is 45.5 Å². The van der Waals surface area contributed by atoms with Crippen LogP contribution in [0.5, 0.6) is 0 Å². The van der Waals surface area contributed by atoms with Crippen molar-refractivity contribution >= 4 is 35.1 Å². The molecule has 30 heavy (non-hydrogen) atoms. The summed E-state index contributed by atoms with van der Waals surface area (Å²) in [5.41, 5.74) is 4.55. The first-order chi connectivity index (χ1) is 14.2. The van der Waals surface area contributed by atoms with Crippen molar-refractivity contribution in [2.45, 2.75) is 24.9 Å². The molecule has 1 saturated heterocycles. The number of likely N-dealkylation sites (tertiary alicyclic amines) is 1. The molecule has 1 fully saturated rings. The van der Waals surface area contributed by atoms with E-state index in [1.807, 2.05) is 0 Å². The number of H-pyrrole nitrogens is 1. The largest absolute Gasteiger partial charge is 0.382 e. The fourth-order valence-electron chi connectivity index (χ4n) is 2.96. The standard InChI is InChI=1S/C19H21F2N5O3S/c1-10-4-6-26(7-5-10)14(27)9-30-19-24-16(22)15(18(29)25-19)23-17(28)11-2-3-12(20)13(21)8-11/h2-3,8,10H,4-7,9H2,1H3,(H,23,28)(H3,22,24,25,29). The summed E-state index contributed by atoms with van der Waals surface area (Å²) in [7, 11) is 0. The van der Waals surface area contributed by atoms with E-state index in [9.17, 15) is 23.2 Å². The molecule has 0 radical (unpaired) electrons. The van der Waals surface area contributed by atoms with Crippen LogP contribution < -0.4 is 16.6 Å². The number of anilines is 2. The van der Waals surface area contributed by atoms with Crippen molar-refractivity contribution in [1.29, 1.82) is 0 Å². The van der Waals surface area contributed by atoms with Gasteiger partial charge in [-0.3, -0.25) is 19.4 Å². The van der Waals surface area contributed by atoms with Gasteiger partial charge in [0.2, 0.25) is 5.91 Å². The molecular weight excluding hydrogens is 416 g/mol. The maximum absolute atomic E-state index is 13.3. The molecule has 3 rings (SSSR count). The number of nitrogen functional groups attached to an aromatic ring is 1. The zero-order chi connectivity index (χ0) is 21.8. The van der Waals surface area contributed by atoms with Crippen LogP contribution in [-0.2, 0) is 4.79 Å². The van der Waals surface area contributed by atoms with Crippen molar-refractivity contribution in [1.82, 2.24) is 14.9 Å². The quantitative estimate of drug-likeness (QED) is 0.487. The molecule has 1 aromatic heterocycles. The van der Waals surface area contributed by atoms with E-state index in [2.05, 4.69) is 22.2 Å². The summed E-state index contributed by atoms with van der Waals surface area (Å²) in [6, 6.07) is 2.58. The van der Waals surface area contributed by atoms with Crippen molar-refractivity contribution in [3.63, 3.8) is 0 Å². The Labute approximate surface area is 175 Å². The molecular formula is C19H21F2N5O3S. The number of nitrogens with zero attached hydrogens (tertiary/aromatic N) is 2. The van der Waals surface area contributed by atoms with Gasteiger partial charge >= 0.3 is 0 Å². The van der Waals surface area contributed by atoms with Gasteiger partial charge in [0.1, 0.15) is 5.69 Å². The molecule has 1 aromatic carbocycles. The van der Waals surface area contributed by atoms with E-state index in [1.165, 1.54) is 0 Å². The lowest BCUT2D eigenvalue weighted by Gasteiger charge is -2.30. The molecule has 0 bridgehead atoms. The van der Waals surface area contributed by atoms with Gasteiger partial charge in [-0.1, -0.05) is 18.7 Å². The van der Waals surface area contributed by atoms with E-state index in [0.717, 1.165) is 36.7 Å². The Balaban J connectivity index is 1.65. The highest BCUT2D eigenvalue weighted by Gasteiger charge is 2.21. The summed E-state index contributed by atoms with van der Waals surface area (Å²) in [5, 5.41) is 2.39. The third-order valence-corrected chi connectivity index (χ3v) is 5.67. The Morgan fingerprint density at radius 3 is 2.63 bits per heavy atom. The van der Waals surface area contributed by atoms with Crippen molar-refractivity contribution in [2.75, 3.05) is 29.9 Å². The molecule has 11 heteroatoms. The molecule has 8 nitrogen and oxygen atoms in total. The van der Waals surface area contributed by atoms with E-state index in [0.29, 0.717) is 25.1 Å². The van der Waals surface area contributed by atoms with E-state index in [1.54, 1.807) is 4.90 Å². The smallest absolute Gasteiger partial charge is 0.277 e. The number of carbonyl (C=O) groups is 2. The fourth-order valence-corrected chi connectivity index (χ4v) is 3.73. The summed E-state index contributed by atoms with van der Waals surface area (Å²) in [5.74, 6) is -2.74. The molecule has 2 heterocycles. The molecule has 4 N–H and O–H groups in total. The second-order valence-electron chi connectivity index (χ2n) is 7.07. The number of rotatable bonds is 5. The number of piperidine rings is 1. The van der Waals surface area contributed by atoms with Crippen LogP contribution in [0.1, 0.15) is 30.1 Å². The predicted molar refractivity (Wildman–Crippen MR) is 109 cm³/mol. The van der Waals surface area contributed by atoms with Crippen molar-refractivity contribution in [3.8, 4) is 0 Å². The Morgan fingerprint density at radius 1 is 1.30 bits per heavy atom. The average Bonchev–Trinajstić information content (AvgIpc) is 2.71. The second kappa shape index (κ2) is 9.24. The third-order valence-electron chi connectivity index (χ3n) is 4.81. The Hall–Kier alpha value is -2.95. The first kappa shape index (κ1) is 21.8. The van der Waals surface area contributed by atoms with Crippen LogP contribution in [0.15, 0.2) is 28.2 Å². The predicted octanol–water partition coefficient (Wildman–Crippen LogP) is 2.23. The van der Waals surface area contributed by atoms with E-state index >= 15 is 0 Å². The van der Waals surface area contributed by atoms with Crippen molar-refractivity contribution < 1.29 is 18.4 Å². The van der Waals surface area contributed by atoms with Crippen LogP contribution in [0.4, 0.5) is 20.3 Å². The normalized spacial score (nSPS) is 14.6. The number of amides is 2. The highest BCUT2D eigenvalue weighted by atomic mass is 32.2. The molecule has 160 valence electrons. The molecule has 1 aliphatic rings. The lowest BCUT2D eigenvalue weighted by atomic mass is 9.99. The fraction of sp³-hybridized carbons (Fsp3) is 0.368. The number of nitrogens with one attached hydrogen (secondary N) is 2. The first-order valence-corrected chi connectivity index (χ1v) is 10.3. The van der Waals surface area contributed by atoms with Crippen LogP contribution in [0, 0.1) is 17.6 Å². The molecule has 0 saturated carbocycles. The second-order valence-corrected chi connectivity index (χ2v) is 8.03. The Bertz CT molecular complexity index is 1020. The lowest BCUT2D eigenvalue weighted by Crippen LogP contribution is -2.39. The van der Waals surface area contributed by atoms with Gasteiger partial charge in [-0.2, -0.15) is 0 Å². The number of thioether (sulfide) groups is 1. The number of aromatic nitrogens is 2. The minimum atomic E-state index is -1.19. The van der Waals surface area contributed by atoms with Crippen LogP contribution >= 0.6 is 11.8 Å². The summed E-state index contributed by atoms with van der Waals surface area (Å²) in [4.78, 5) is 45.0. The number of hydrogen-bond acceptors (Lipinski definition) is 6. The number of nitrogens with two attached hydrogens (primary N) is 1. The van der Waals surface area contributed by atoms with Crippen LogP contribution in [0.25, 0.3) is 0 Å². The minimum absolute atomic E-state index is 0.0520. The molecule has 1 aliphatic heterocycles. The van der Waals surface area contributed by atoms with E-state index in [4.69, 9.17) is 5.73 Å². The molecule has 0 atom stereocenters. The first-order valence-electron chi connectivity index (χ1n) is 9.31. The summed E-state index contributed by atoms with van der Waals surface area (Å²) in [6.07, 6.45) is 1.93. The zero-order valence-electron chi connectivity index (χ0n) is 16.2. The van der Waals surface area contributed by atoms with Gasteiger partial charge in [-0.15, -0.1) is 0 Å². The third kappa shape index (κ3) is 5.15. The molecule has 2 aromatic rings. The number of aromatic amines is 1. The Kier molecular flexibility index (Phi) is 6.70. The molecule has 0 spiro atoms. The van der Waals surface area contributed by atoms with Gasteiger partial charge in [0, 0.05) is 18.7 Å². The Morgan fingerprint density at radius 2 is 2.00 bits per heavy atom. The summed E-state index contributed by atoms with van der Waals surface area (Å²) < 4.78 is 26.3. The number of benzene rings is 1. The number of carbonyl (C=O) groups excluding carboxylic acids is 2. The SMILES string of the molecule is CC1CCN(C(=O)CSc2nc(N)c(NC(=O)c3ccc(F)c(F)c3)c(=O)[nH]2)CC1. The van der Waals surface area contributed by atoms with Gasteiger partial charge in [0.05, 0.1) is 5.75 Å².